The van der Waals surface area contributed by atoms with Crippen molar-refractivity contribution in [3.63, 3.8) is 0 Å². The molecule has 0 amide bonds. The van der Waals surface area contributed by atoms with Crippen LogP contribution in [0.4, 0.5) is 0 Å². The SMILES string of the molecule is Cn1ccnc1C(O)C1CCN(Cc2ccc(-n3cncn3)cc2)CC1. The molecule has 0 saturated carbocycles. The van der Waals surface area contributed by atoms with Crippen molar-refractivity contribution in [2.45, 2.75) is 25.5 Å². The van der Waals surface area contributed by atoms with Crippen LogP contribution in [-0.4, -0.2) is 47.4 Å². The Morgan fingerprint density at radius 2 is 1.96 bits per heavy atom. The van der Waals surface area contributed by atoms with Crippen molar-refractivity contribution in [1.29, 1.82) is 0 Å². The van der Waals surface area contributed by atoms with Crippen molar-refractivity contribution >= 4 is 0 Å². The minimum Gasteiger partial charge on any atom is -0.385 e. The van der Waals surface area contributed by atoms with Gasteiger partial charge in [0.25, 0.3) is 0 Å². The van der Waals surface area contributed by atoms with E-state index in [2.05, 4.69) is 44.2 Å². The van der Waals surface area contributed by atoms with Crippen molar-refractivity contribution in [2.24, 2.45) is 13.0 Å². The zero-order valence-electron chi connectivity index (χ0n) is 14.9. The molecule has 1 unspecified atom stereocenters. The molecule has 1 saturated heterocycles. The second kappa shape index (κ2) is 7.39. The monoisotopic (exact) mass is 352 g/mol. The zero-order valence-corrected chi connectivity index (χ0v) is 14.9. The Morgan fingerprint density at radius 1 is 1.19 bits per heavy atom. The maximum absolute atomic E-state index is 10.6. The van der Waals surface area contributed by atoms with Crippen molar-refractivity contribution in [3.8, 4) is 5.69 Å². The minimum atomic E-state index is -0.473. The summed E-state index contributed by atoms with van der Waals surface area (Å²) in [5.74, 6) is 1.05. The number of hydrogen-bond donors (Lipinski definition) is 1. The number of benzene rings is 1. The van der Waals surface area contributed by atoms with E-state index in [4.69, 9.17) is 0 Å². The highest BCUT2D eigenvalue weighted by Gasteiger charge is 2.28. The average molecular weight is 352 g/mol. The van der Waals surface area contributed by atoms with E-state index in [1.807, 2.05) is 17.8 Å². The van der Waals surface area contributed by atoms with Crippen LogP contribution in [0.25, 0.3) is 5.69 Å². The fourth-order valence-corrected chi connectivity index (χ4v) is 3.65. The Balaban J connectivity index is 1.32. The highest BCUT2D eigenvalue weighted by atomic mass is 16.3. The lowest BCUT2D eigenvalue weighted by atomic mass is 9.90. The Kier molecular flexibility index (Phi) is 4.81. The van der Waals surface area contributed by atoms with Crippen LogP contribution < -0.4 is 0 Å². The normalized spacial score (nSPS) is 17.5. The molecule has 1 N–H and O–H groups in total. The van der Waals surface area contributed by atoms with E-state index in [9.17, 15) is 5.11 Å². The van der Waals surface area contributed by atoms with Crippen LogP contribution in [0.3, 0.4) is 0 Å². The van der Waals surface area contributed by atoms with Gasteiger partial charge < -0.3 is 9.67 Å². The largest absolute Gasteiger partial charge is 0.385 e. The van der Waals surface area contributed by atoms with Gasteiger partial charge in [-0.25, -0.2) is 14.6 Å². The maximum Gasteiger partial charge on any atom is 0.138 e. The lowest BCUT2D eigenvalue weighted by Crippen LogP contribution is -2.35. The first-order valence-corrected chi connectivity index (χ1v) is 9.02. The molecular weight excluding hydrogens is 328 g/mol. The molecule has 3 aromatic rings. The smallest absolute Gasteiger partial charge is 0.138 e. The number of aromatic nitrogens is 5. The van der Waals surface area contributed by atoms with Crippen LogP contribution in [-0.2, 0) is 13.6 Å². The summed E-state index contributed by atoms with van der Waals surface area (Å²) in [5.41, 5.74) is 2.31. The van der Waals surface area contributed by atoms with E-state index >= 15 is 0 Å². The number of rotatable bonds is 5. The van der Waals surface area contributed by atoms with Crippen molar-refractivity contribution in [1.82, 2.24) is 29.2 Å². The molecule has 0 aliphatic carbocycles. The maximum atomic E-state index is 10.6. The Labute approximate surface area is 152 Å². The van der Waals surface area contributed by atoms with Gasteiger partial charge >= 0.3 is 0 Å². The predicted octanol–water partition coefficient (Wildman–Crippen LogP) is 1.95. The molecule has 1 atom stereocenters. The standard InChI is InChI=1S/C19H24N6O/c1-23-11-8-21-19(23)18(26)16-6-9-24(10-7-16)12-15-2-4-17(5-3-15)25-14-20-13-22-25/h2-5,8,11,13-14,16,18,26H,6-7,9-10,12H2,1H3. The van der Waals surface area contributed by atoms with Gasteiger partial charge in [-0.05, 0) is 49.5 Å². The lowest BCUT2D eigenvalue weighted by Gasteiger charge is -2.34. The fourth-order valence-electron chi connectivity index (χ4n) is 3.65. The molecule has 7 nitrogen and oxygen atoms in total. The number of aryl methyl sites for hydroxylation is 1. The number of aliphatic hydroxyl groups is 1. The van der Waals surface area contributed by atoms with E-state index in [1.54, 1.807) is 17.2 Å². The highest BCUT2D eigenvalue weighted by Crippen LogP contribution is 2.30. The van der Waals surface area contributed by atoms with Crippen LogP contribution in [0.1, 0.15) is 30.3 Å². The molecular formula is C19H24N6O. The molecule has 1 aliphatic heterocycles. The third-order valence-corrected chi connectivity index (χ3v) is 5.23. The molecule has 0 radical (unpaired) electrons. The van der Waals surface area contributed by atoms with Gasteiger partial charge in [-0.3, -0.25) is 4.90 Å². The lowest BCUT2D eigenvalue weighted by molar-refractivity contribution is 0.0492. The van der Waals surface area contributed by atoms with E-state index in [-0.39, 0.29) is 5.92 Å². The zero-order chi connectivity index (χ0) is 17.9. The Morgan fingerprint density at radius 3 is 2.58 bits per heavy atom. The molecule has 0 bridgehead atoms. The summed E-state index contributed by atoms with van der Waals surface area (Å²) in [4.78, 5) is 10.7. The third-order valence-electron chi connectivity index (χ3n) is 5.23. The Hall–Kier alpha value is -2.51. The van der Waals surface area contributed by atoms with Gasteiger partial charge in [0.05, 0.1) is 5.69 Å². The Bertz CT molecular complexity index is 818. The van der Waals surface area contributed by atoms with E-state index in [0.717, 1.165) is 44.0 Å². The molecule has 1 aliphatic rings. The summed E-state index contributed by atoms with van der Waals surface area (Å²) in [5, 5.41) is 14.7. The minimum absolute atomic E-state index is 0.280. The van der Waals surface area contributed by atoms with Crippen LogP contribution in [0.5, 0.6) is 0 Å². The van der Waals surface area contributed by atoms with Gasteiger partial charge in [0.2, 0.25) is 0 Å². The van der Waals surface area contributed by atoms with E-state index < -0.39 is 6.10 Å². The molecule has 1 aromatic carbocycles. The van der Waals surface area contributed by atoms with Crippen LogP contribution in [0.2, 0.25) is 0 Å². The van der Waals surface area contributed by atoms with Crippen molar-refractivity contribution in [2.75, 3.05) is 13.1 Å². The molecule has 4 rings (SSSR count). The summed E-state index contributed by atoms with van der Waals surface area (Å²) in [6.45, 7) is 2.93. The van der Waals surface area contributed by atoms with Gasteiger partial charge in [-0.1, -0.05) is 12.1 Å². The van der Waals surface area contributed by atoms with Crippen LogP contribution in [0, 0.1) is 5.92 Å². The quantitative estimate of drug-likeness (QED) is 0.760. The second-order valence-electron chi connectivity index (χ2n) is 6.96. The van der Waals surface area contributed by atoms with E-state index in [0.29, 0.717) is 0 Å². The van der Waals surface area contributed by atoms with Crippen LogP contribution in [0.15, 0.2) is 49.3 Å². The second-order valence-corrected chi connectivity index (χ2v) is 6.96. The van der Waals surface area contributed by atoms with Gasteiger partial charge in [0.1, 0.15) is 24.6 Å². The van der Waals surface area contributed by atoms with Crippen LogP contribution >= 0.6 is 0 Å². The summed E-state index contributed by atoms with van der Waals surface area (Å²) in [6, 6.07) is 8.43. The third kappa shape index (κ3) is 3.54. The van der Waals surface area contributed by atoms with Crippen molar-refractivity contribution < 1.29 is 5.11 Å². The van der Waals surface area contributed by atoms with E-state index in [1.165, 1.54) is 11.9 Å². The fraction of sp³-hybridized carbons (Fsp3) is 0.421. The number of imidazole rings is 1. The summed E-state index contributed by atoms with van der Waals surface area (Å²) in [7, 11) is 1.93. The average Bonchev–Trinajstić information content (AvgIpc) is 3.34. The first kappa shape index (κ1) is 16.9. The molecule has 26 heavy (non-hydrogen) atoms. The summed E-state index contributed by atoms with van der Waals surface area (Å²) < 4.78 is 3.67. The first-order valence-electron chi connectivity index (χ1n) is 9.02. The molecule has 1 fully saturated rings. The number of likely N-dealkylation sites (tertiary alicyclic amines) is 1. The number of aliphatic hydroxyl groups excluding tert-OH is 1. The molecule has 0 spiro atoms. The number of nitrogens with zero attached hydrogens (tertiary/aromatic N) is 6. The summed E-state index contributed by atoms with van der Waals surface area (Å²) >= 11 is 0. The topological polar surface area (TPSA) is 72.0 Å². The summed E-state index contributed by atoms with van der Waals surface area (Å²) in [6.07, 6.45) is 8.38. The molecule has 2 aromatic heterocycles. The first-order chi connectivity index (χ1) is 12.7. The molecule has 136 valence electrons. The predicted molar refractivity (Wildman–Crippen MR) is 97.5 cm³/mol. The van der Waals surface area contributed by atoms with Gasteiger partial charge in [0, 0.05) is 26.0 Å². The van der Waals surface area contributed by atoms with Gasteiger partial charge in [-0.2, -0.15) is 5.10 Å². The number of hydrogen-bond acceptors (Lipinski definition) is 5. The molecule has 7 heteroatoms. The number of piperidine rings is 1. The molecule has 3 heterocycles. The van der Waals surface area contributed by atoms with Gasteiger partial charge in [-0.15, -0.1) is 0 Å². The van der Waals surface area contributed by atoms with Gasteiger partial charge in [0.15, 0.2) is 0 Å². The highest BCUT2D eigenvalue weighted by molar-refractivity contribution is 5.33. The van der Waals surface area contributed by atoms with Crippen molar-refractivity contribution in [3.05, 3.63) is 60.7 Å².